The summed E-state index contributed by atoms with van der Waals surface area (Å²) in [6.07, 6.45) is 0.153. The highest BCUT2D eigenvalue weighted by atomic mass is 127. The minimum atomic E-state index is 0. The number of rotatable bonds is 6. The molecule has 1 heterocycles. The van der Waals surface area contributed by atoms with Gasteiger partial charge < -0.3 is 25.0 Å². The Kier molecular flexibility index (Phi) is 11.3. The van der Waals surface area contributed by atoms with Crippen LogP contribution in [0.2, 0.25) is 15.1 Å². The average molecular weight is 538 g/mol. The van der Waals surface area contributed by atoms with Crippen LogP contribution >= 0.6 is 58.8 Å². The zero-order valence-corrected chi connectivity index (χ0v) is 19.3. The fourth-order valence-corrected chi connectivity index (χ4v) is 3.34. The predicted molar refractivity (Wildman–Crippen MR) is 119 cm³/mol. The number of likely N-dealkylation sites (N-methyl/N-ethyl adjacent to an activating group) is 1. The Labute approximate surface area is 186 Å². The number of nitrogens with zero attached hydrogens (tertiary/aromatic N) is 2. The smallest absolute Gasteiger partial charge is 0.191 e. The molecule has 2 rings (SSSR count). The summed E-state index contributed by atoms with van der Waals surface area (Å²) in [4.78, 5) is 6.43. The van der Waals surface area contributed by atoms with Crippen LogP contribution in [0.3, 0.4) is 0 Å². The lowest BCUT2D eigenvalue weighted by molar-refractivity contribution is -0.0161. The summed E-state index contributed by atoms with van der Waals surface area (Å²) in [5.41, 5.74) is 0. The van der Waals surface area contributed by atoms with Crippen molar-refractivity contribution in [3.05, 3.63) is 27.2 Å². The maximum Gasteiger partial charge on any atom is 0.191 e. The molecule has 1 unspecified atom stereocenters. The molecule has 1 atom stereocenters. The van der Waals surface area contributed by atoms with Crippen molar-refractivity contribution >= 4 is 64.7 Å². The summed E-state index contributed by atoms with van der Waals surface area (Å²) < 4.78 is 11.3. The Morgan fingerprint density at radius 2 is 2.00 bits per heavy atom. The third-order valence-electron chi connectivity index (χ3n) is 3.67. The minimum Gasteiger partial charge on any atom is -0.489 e. The molecule has 1 aliphatic heterocycles. The molecule has 1 aromatic rings. The standard InChI is InChI=1S/C16H23Cl3N4O2.HI/c1-20-16(22-9-12-10-23(2)4-6-24-12)21-3-5-25-15-13(18)7-11(17)8-14(15)19;/h7-8,12H,3-6,9-10H2,1-2H3,(H2,20,21,22);1H. The van der Waals surface area contributed by atoms with Gasteiger partial charge in [0, 0.05) is 31.7 Å². The Balaban J connectivity index is 0.00000338. The number of aliphatic imine (C=N–C) groups is 1. The van der Waals surface area contributed by atoms with E-state index in [9.17, 15) is 0 Å². The average Bonchev–Trinajstić information content (AvgIpc) is 2.56. The number of hydrogen-bond acceptors (Lipinski definition) is 4. The van der Waals surface area contributed by atoms with Crippen molar-refractivity contribution < 1.29 is 9.47 Å². The van der Waals surface area contributed by atoms with E-state index in [-0.39, 0.29) is 30.1 Å². The fraction of sp³-hybridized carbons (Fsp3) is 0.562. The number of guanidine groups is 1. The van der Waals surface area contributed by atoms with Gasteiger partial charge >= 0.3 is 0 Å². The summed E-state index contributed by atoms with van der Waals surface area (Å²) in [5, 5.41) is 7.67. The van der Waals surface area contributed by atoms with Gasteiger partial charge in [-0.3, -0.25) is 4.99 Å². The lowest BCUT2D eigenvalue weighted by Gasteiger charge is -2.30. The van der Waals surface area contributed by atoms with Crippen LogP contribution in [0, 0.1) is 0 Å². The maximum atomic E-state index is 6.08. The van der Waals surface area contributed by atoms with Crippen molar-refractivity contribution in [1.29, 1.82) is 0 Å². The molecule has 1 saturated heterocycles. The van der Waals surface area contributed by atoms with Gasteiger partial charge in [0.25, 0.3) is 0 Å². The minimum absolute atomic E-state index is 0. The van der Waals surface area contributed by atoms with E-state index in [0.717, 1.165) is 19.7 Å². The zero-order valence-electron chi connectivity index (χ0n) is 14.7. The second kappa shape index (κ2) is 12.3. The van der Waals surface area contributed by atoms with E-state index in [4.69, 9.17) is 44.3 Å². The van der Waals surface area contributed by atoms with Crippen LogP contribution in [-0.2, 0) is 4.74 Å². The van der Waals surface area contributed by atoms with Crippen LogP contribution < -0.4 is 15.4 Å². The van der Waals surface area contributed by atoms with Gasteiger partial charge in [-0.1, -0.05) is 34.8 Å². The molecule has 1 fully saturated rings. The zero-order chi connectivity index (χ0) is 18.2. The molecule has 0 bridgehead atoms. The predicted octanol–water partition coefficient (Wildman–Crippen LogP) is 3.14. The molecule has 1 aliphatic rings. The Morgan fingerprint density at radius 3 is 2.62 bits per heavy atom. The van der Waals surface area contributed by atoms with Crippen LogP contribution in [0.1, 0.15) is 0 Å². The van der Waals surface area contributed by atoms with Gasteiger partial charge in [0.2, 0.25) is 0 Å². The van der Waals surface area contributed by atoms with Crippen LogP contribution in [0.25, 0.3) is 0 Å². The normalized spacial score (nSPS) is 18.2. The molecule has 0 amide bonds. The maximum absolute atomic E-state index is 6.08. The van der Waals surface area contributed by atoms with E-state index >= 15 is 0 Å². The van der Waals surface area contributed by atoms with Crippen LogP contribution in [-0.4, -0.2) is 70.5 Å². The topological polar surface area (TPSA) is 58.1 Å². The third-order valence-corrected chi connectivity index (χ3v) is 4.45. The van der Waals surface area contributed by atoms with Crippen LogP contribution in [0.4, 0.5) is 0 Å². The fourth-order valence-electron chi connectivity index (χ4n) is 2.41. The molecule has 0 aromatic heterocycles. The monoisotopic (exact) mass is 536 g/mol. The van der Waals surface area contributed by atoms with Crippen LogP contribution in [0.15, 0.2) is 17.1 Å². The number of morpholine rings is 1. The van der Waals surface area contributed by atoms with E-state index in [2.05, 4.69) is 27.6 Å². The molecule has 6 nitrogen and oxygen atoms in total. The molecule has 0 radical (unpaired) electrons. The number of ether oxygens (including phenoxy) is 2. The first kappa shape index (κ1) is 23.8. The Morgan fingerprint density at radius 1 is 1.31 bits per heavy atom. The highest BCUT2D eigenvalue weighted by molar-refractivity contribution is 14.0. The number of halogens is 4. The van der Waals surface area contributed by atoms with E-state index in [1.807, 2.05) is 0 Å². The van der Waals surface area contributed by atoms with E-state index in [0.29, 0.717) is 46.5 Å². The molecule has 26 heavy (non-hydrogen) atoms. The number of nitrogens with one attached hydrogen (secondary N) is 2. The van der Waals surface area contributed by atoms with Crippen molar-refractivity contribution in [2.24, 2.45) is 4.99 Å². The first-order valence-corrected chi connectivity index (χ1v) is 9.15. The van der Waals surface area contributed by atoms with Crippen molar-refractivity contribution in [2.75, 3.05) is 53.5 Å². The summed E-state index contributed by atoms with van der Waals surface area (Å²) >= 11 is 18.0. The first-order chi connectivity index (χ1) is 12.0. The summed E-state index contributed by atoms with van der Waals surface area (Å²) in [6, 6.07) is 3.19. The van der Waals surface area contributed by atoms with Gasteiger partial charge in [0.15, 0.2) is 11.7 Å². The molecular formula is C16H24Cl3IN4O2. The lowest BCUT2D eigenvalue weighted by atomic mass is 10.3. The summed E-state index contributed by atoms with van der Waals surface area (Å²) in [5.74, 6) is 1.12. The Bertz CT molecular complexity index is 584. The van der Waals surface area contributed by atoms with Gasteiger partial charge in [-0.25, -0.2) is 0 Å². The lowest BCUT2D eigenvalue weighted by Crippen LogP contribution is -2.48. The van der Waals surface area contributed by atoms with Gasteiger partial charge in [0.1, 0.15) is 6.61 Å². The highest BCUT2D eigenvalue weighted by Gasteiger charge is 2.17. The molecule has 0 spiro atoms. The summed E-state index contributed by atoms with van der Waals surface area (Å²) in [6.45, 7) is 4.24. The van der Waals surface area contributed by atoms with E-state index < -0.39 is 0 Å². The highest BCUT2D eigenvalue weighted by Crippen LogP contribution is 2.35. The van der Waals surface area contributed by atoms with E-state index in [1.54, 1.807) is 19.2 Å². The molecule has 148 valence electrons. The van der Waals surface area contributed by atoms with Gasteiger partial charge in [-0.2, -0.15) is 0 Å². The quantitative estimate of drug-likeness (QED) is 0.253. The molecule has 0 saturated carbocycles. The molecule has 10 heteroatoms. The van der Waals surface area contributed by atoms with E-state index in [1.165, 1.54) is 0 Å². The number of hydrogen-bond donors (Lipinski definition) is 2. The molecule has 1 aromatic carbocycles. The van der Waals surface area contributed by atoms with Crippen molar-refractivity contribution in [1.82, 2.24) is 15.5 Å². The van der Waals surface area contributed by atoms with Gasteiger partial charge in [-0.05, 0) is 19.2 Å². The second-order valence-corrected chi connectivity index (χ2v) is 6.93. The van der Waals surface area contributed by atoms with Crippen molar-refractivity contribution in [2.45, 2.75) is 6.10 Å². The third kappa shape index (κ3) is 7.82. The molecule has 0 aliphatic carbocycles. The summed E-state index contributed by atoms with van der Waals surface area (Å²) in [7, 11) is 3.81. The first-order valence-electron chi connectivity index (χ1n) is 8.01. The van der Waals surface area contributed by atoms with Crippen LogP contribution in [0.5, 0.6) is 5.75 Å². The van der Waals surface area contributed by atoms with Crippen molar-refractivity contribution in [3.8, 4) is 5.75 Å². The van der Waals surface area contributed by atoms with Gasteiger partial charge in [-0.15, -0.1) is 24.0 Å². The Hall–Kier alpha value is -0.190. The largest absolute Gasteiger partial charge is 0.489 e. The SMILES string of the molecule is CN=C(NCCOc1c(Cl)cc(Cl)cc1Cl)NCC1CN(C)CCO1.I. The molecular weight excluding hydrogens is 513 g/mol. The van der Waals surface area contributed by atoms with Gasteiger partial charge in [0.05, 0.1) is 29.3 Å². The second-order valence-electron chi connectivity index (χ2n) is 5.68. The molecule has 2 N–H and O–H groups in total. The van der Waals surface area contributed by atoms with Crippen molar-refractivity contribution in [3.63, 3.8) is 0 Å². The number of benzene rings is 1.